The molecule has 1 aromatic rings. The Labute approximate surface area is 85.3 Å². The van der Waals surface area contributed by atoms with Crippen LogP contribution in [0, 0.1) is 0 Å². The summed E-state index contributed by atoms with van der Waals surface area (Å²) >= 11 is 0. The molecule has 14 heavy (non-hydrogen) atoms. The fourth-order valence-corrected chi connectivity index (χ4v) is 1.65. The third-order valence-electron chi connectivity index (χ3n) is 1.86. The Kier molecular flexibility index (Phi) is 3.65. The molecule has 0 amide bonds. The summed E-state index contributed by atoms with van der Waals surface area (Å²) in [4.78, 5) is 0. The molecule has 0 atom stereocenters. The van der Waals surface area contributed by atoms with Gasteiger partial charge >= 0.3 is 0 Å². The molecule has 0 aromatic carbocycles. The van der Waals surface area contributed by atoms with E-state index in [1.165, 1.54) is 6.20 Å². The number of ether oxygens (including phenoxy) is 1. The van der Waals surface area contributed by atoms with Crippen LogP contribution < -0.4 is 5.73 Å². The van der Waals surface area contributed by atoms with E-state index >= 15 is 0 Å². The number of nitrogens with two attached hydrogens (primary N) is 1. The first kappa shape index (κ1) is 11.2. The lowest BCUT2D eigenvalue weighted by Crippen LogP contribution is -2.22. The van der Waals surface area contributed by atoms with Gasteiger partial charge in [-0.15, -0.1) is 5.10 Å². The van der Waals surface area contributed by atoms with E-state index in [0.717, 1.165) is 12.7 Å². The maximum absolute atomic E-state index is 5.58. The first-order valence-corrected chi connectivity index (χ1v) is 8.41. The number of aromatic nitrogens is 3. The molecule has 0 aliphatic rings. The summed E-state index contributed by atoms with van der Waals surface area (Å²) in [5, 5.41) is 7.44. The lowest BCUT2D eigenvalue weighted by atomic mass is 10.8. The van der Waals surface area contributed by atoms with Crippen molar-refractivity contribution in [3.05, 3.63) is 6.20 Å². The normalized spacial score (nSPS) is 11.9. The van der Waals surface area contributed by atoms with Gasteiger partial charge in [-0.3, -0.25) is 0 Å². The molecule has 80 valence electrons. The van der Waals surface area contributed by atoms with Crippen LogP contribution in [0.4, 0.5) is 5.82 Å². The van der Waals surface area contributed by atoms with Crippen molar-refractivity contribution in [2.24, 2.45) is 0 Å². The van der Waals surface area contributed by atoms with Gasteiger partial charge in [0.2, 0.25) is 0 Å². The number of anilines is 1. The maximum atomic E-state index is 5.58. The molecule has 0 radical (unpaired) electrons. The molecular weight excluding hydrogens is 196 g/mol. The number of rotatable bonds is 5. The topological polar surface area (TPSA) is 66.0 Å². The first-order chi connectivity index (χ1) is 6.49. The molecular formula is C8H18N4OSi. The van der Waals surface area contributed by atoms with E-state index in [0.29, 0.717) is 12.5 Å². The van der Waals surface area contributed by atoms with Crippen LogP contribution in [-0.4, -0.2) is 29.7 Å². The van der Waals surface area contributed by atoms with E-state index < -0.39 is 8.07 Å². The molecule has 0 saturated heterocycles. The molecule has 1 aromatic heterocycles. The molecule has 0 fully saturated rings. The summed E-state index contributed by atoms with van der Waals surface area (Å²) in [5.41, 5.74) is 5.58. The van der Waals surface area contributed by atoms with Gasteiger partial charge in [0.25, 0.3) is 0 Å². The zero-order valence-electron chi connectivity index (χ0n) is 9.03. The summed E-state index contributed by atoms with van der Waals surface area (Å²) < 4.78 is 7.00. The summed E-state index contributed by atoms with van der Waals surface area (Å²) in [7, 11) is -0.994. The van der Waals surface area contributed by atoms with Crippen LogP contribution in [0.25, 0.3) is 0 Å². The number of nitrogen functional groups attached to an aromatic ring is 1. The fourth-order valence-electron chi connectivity index (χ4n) is 0.895. The Hall–Kier alpha value is -0.883. The molecule has 1 rings (SSSR count). The molecule has 0 saturated carbocycles. The van der Waals surface area contributed by atoms with E-state index in [1.54, 1.807) is 4.68 Å². The second-order valence-corrected chi connectivity index (χ2v) is 10.1. The van der Waals surface area contributed by atoms with Crippen LogP contribution in [0.2, 0.25) is 25.7 Å². The molecule has 1 heterocycles. The molecule has 0 aliphatic heterocycles. The van der Waals surface area contributed by atoms with E-state index in [4.69, 9.17) is 10.5 Å². The van der Waals surface area contributed by atoms with Crippen molar-refractivity contribution in [2.45, 2.75) is 32.4 Å². The molecule has 0 spiro atoms. The largest absolute Gasteiger partial charge is 0.382 e. The summed E-state index contributed by atoms with van der Waals surface area (Å²) in [6, 6.07) is 1.15. The number of nitrogens with zero attached hydrogens (tertiary/aromatic N) is 3. The predicted octanol–water partition coefficient (Wildman–Crippen LogP) is 1.17. The summed E-state index contributed by atoms with van der Waals surface area (Å²) in [5.74, 6) is 0.540. The zero-order chi connectivity index (χ0) is 10.6. The molecule has 6 heteroatoms. The van der Waals surface area contributed by atoms with Gasteiger partial charge in [-0.1, -0.05) is 24.9 Å². The highest BCUT2D eigenvalue weighted by Crippen LogP contribution is 2.08. The SMILES string of the molecule is C[Si](C)(C)CCOCn1nncc1N. The Balaban J connectivity index is 2.20. The predicted molar refractivity (Wildman–Crippen MR) is 58.5 cm³/mol. The highest BCUT2D eigenvalue weighted by Gasteiger charge is 2.12. The highest BCUT2D eigenvalue weighted by atomic mass is 28.3. The van der Waals surface area contributed by atoms with Crippen LogP contribution in [-0.2, 0) is 11.5 Å². The van der Waals surface area contributed by atoms with Crippen molar-refractivity contribution in [1.82, 2.24) is 15.0 Å². The first-order valence-electron chi connectivity index (χ1n) is 4.71. The monoisotopic (exact) mass is 214 g/mol. The second-order valence-electron chi connectivity index (χ2n) is 4.51. The van der Waals surface area contributed by atoms with Gasteiger partial charge in [-0.25, -0.2) is 4.68 Å². The second kappa shape index (κ2) is 4.56. The van der Waals surface area contributed by atoms with Crippen molar-refractivity contribution in [1.29, 1.82) is 0 Å². The molecule has 2 N–H and O–H groups in total. The third-order valence-corrected chi connectivity index (χ3v) is 3.56. The molecule has 5 nitrogen and oxygen atoms in total. The summed E-state index contributed by atoms with van der Waals surface area (Å²) in [6.07, 6.45) is 1.52. The van der Waals surface area contributed by atoms with Gasteiger partial charge < -0.3 is 10.5 Å². The molecule has 0 unspecified atom stereocenters. The van der Waals surface area contributed by atoms with Crippen molar-refractivity contribution in [3.8, 4) is 0 Å². The van der Waals surface area contributed by atoms with Crippen LogP contribution in [0.1, 0.15) is 0 Å². The standard InChI is InChI=1S/C8H18N4OSi/c1-14(2,3)5-4-13-7-12-8(9)6-10-11-12/h6H,4-5,7,9H2,1-3H3. The van der Waals surface area contributed by atoms with Gasteiger partial charge in [-0.2, -0.15) is 0 Å². The lowest BCUT2D eigenvalue weighted by molar-refractivity contribution is 0.0788. The Morgan fingerprint density at radius 3 is 2.71 bits per heavy atom. The minimum absolute atomic E-state index is 0.399. The zero-order valence-corrected chi connectivity index (χ0v) is 10.0. The van der Waals surface area contributed by atoms with Crippen molar-refractivity contribution in [2.75, 3.05) is 12.3 Å². The quantitative estimate of drug-likeness (QED) is 0.590. The van der Waals surface area contributed by atoms with Gasteiger partial charge in [0, 0.05) is 14.7 Å². The van der Waals surface area contributed by atoms with Gasteiger partial charge in [0.15, 0.2) is 0 Å². The van der Waals surface area contributed by atoms with E-state index in [2.05, 4.69) is 30.0 Å². The van der Waals surface area contributed by atoms with Crippen LogP contribution in [0.3, 0.4) is 0 Å². The Morgan fingerprint density at radius 2 is 2.21 bits per heavy atom. The number of hydrogen-bond acceptors (Lipinski definition) is 4. The van der Waals surface area contributed by atoms with Crippen LogP contribution in [0.5, 0.6) is 0 Å². The third kappa shape index (κ3) is 3.88. The Bertz CT molecular complexity index is 281. The fraction of sp³-hybridized carbons (Fsp3) is 0.750. The van der Waals surface area contributed by atoms with Crippen molar-refractivity contribution >= 4 is 13.9 Å². The molecule has 0 aliphatic carbocycles. The van der Waals surface area contributed by atoms with Crippen LogP contribution >= 0.6 is 0 Å². The van der Waals surface area contributed by atoms with Gasteiger partial charge in [-0.05, 0) is 6.04 Å². The minimum atomic E-state index is -0.994. The smallest absolute Gasteiger partial charge is 0.145 e. The van der Waals surface area contributed by atoms with Crippen molar-refractivity contribution in [3.63, 3.8) is 0 Å². The maximum Gasteiger partial charge on any atom is 0.145 e. The highest BCUT2D eigenvalue weighted by molar-refractivity contribution is 6.76. The Morgan fingerprint density at radius 1 is 1.50 bits per heavy atom. The summed E-state index contributed by atoms with van der Waals surface area (Å²) in [6.45, 7) is 8.13. The average molecular weight is 214 g/mol. The lowest BCUT2D eigenvalue weighted by Gasteiger charge is -2.15. The van der Waals surface area contributed by atoms with Crippen LogP contribution in [0.15, 0.2) is 6.20 Å². The molecule has 0 bridgehead atoms. The van der Waals surface area contributed by atoms with E-state index in [1.807, 2.05) is 0 Å². The van der Waals surface area contributed by atoms with Gasteiger partial charge in [0.05, 0.1) is 6.20 Å². The van der Waals surface area contributed by atoms with Gasteiger partial charge in [0.1, 0.15) is 12.5 Å². The van der Waals surface area contributed by atoms with E-state index in [-0.39, 0.29) is 0 Å². The number of hydrogen-bond donors (Lipinski definition) is 1. The van der Waals surface area contributed by atoms with Crippen molar-refractivity contribution < 1.29 is 4.74 Å². The average Bonchev–Trinajstić information content (AvgIpc) is 2.44. The van der Waals surface area contributed by atoms with E-state index in [9.17, 15) is 0 Å². The minimum Gasteiger partial charge on any atom is -0.382 e.